The van der Waals surface area contributed by atoms with Crippen molar-refractivity contribution in [2.75, 3.05) is 19.7 Å². The van der Waals surface area contributed by atoms with Crippen LogP contribution in [0.1, 0.15) is 23.3 Å². The van der Waals surface area contributed by atoms with E-state index in [1.54, 1.807) is 0 Å². The molecule has 3 rings (SSSR count). The molecule has 2 aromatic rings. The highest BCUT2D eigenvalue weighted by Gasteiger charge is 2.13. The zero-order chi connectivity index (χ0) is 13.1. The summed E-state index contributed by atoms with van der Waals surface area (Å²) in [5.74, 6) is 1.52. The third kappa shape index (κ3) is 2.79. The van der Waals surface area contributed by atoms with Gasteiger partial charge in [-0.2, -0.15) is 0 Å². The molecule has 19 heavy (non-hydrogen) atoms. The topological polar surface area (TPSA) is 54.1 Å². The number of piperidine rings is 1. The summed E-state index contributed by atoms with van der Waals surface area (Å²) in [6.45, 7) is 2.96. The zero-order valence-electron chi connectivity index (χ0n) is 10.8. The third-order valence-electron chi connectivity index (χ3n) is 3.68. The number of benzene rings is 1. The average Bonchev–Trinajstić information content (AvgIpc) is 2.88. The summed E-state index contributed by atoms with van der Waals surface area (Å²) in [4.78, 5) is 13.8. The largest absolute Gasteiger partial charge is 0.493 e. The molecule has 0 unspecified atom stereocenters. The minimum Gasteiger partial charge on any atom is -0.493 e. The Bertz CT molecular complexity index is 571. The van der Waals surface area contributed by atoms with Crippen molar-refractivity contribution >= 4 is 17.2 Å². The minimum atomic E-state index is 0.602. The van der Waals surface area contributed by atoms with E-state index in [1.807, 2.05) is 24.3 Å². The van der Waals surface area contributed by atoms with E-state index >= 15 is 0 Å². The molecule has 2 N–H and O–H groups in total. The zero-order valence-corrected chi connectivity index (χ0v) is 10.8. The SMILES string of the molecule is O=Cc1cc2cc(OCC3CCNCC3)ccc2[nH]1. The van der Waals surface area contributed by atoms with E-state index in [4.69, 9.17) is 4.74 Å². The number of aromatic amines is 1. The monoisotopic (exact) mass is 258 g/mol. The first-order chi connectivity index (χ1) is 9.35. The fraction of sp³-hybridized carbons (Fsp3) is 0.400. The molecular formula is C15H18N2O2. The summed E-state index contributed by atoms with van der Waals surface area (Å²) in [6, 6.07) is 7.74. The van der Waals surface area contributed by atoms with Crippen molar-refractivity contribution in [3.05, 3.63) is 30.0 Å². The lowest BCUT2D eigenvalue weighted by molar-refractivity contribution is 0.112. The van der Waals surface area contributed by atoms with Crippen LogP contribution in [-0.2, 0) is 0 Å². The highest BCUT2D eigenvalue weighted by atomic mass is 16.5. The van der Waals surface area contributed by atoms with Gasteiger partial charge in [-0.1, -0.05) is 0 Å². The van der Waals surface area contributed by atoms with Crippen molar-refractivity contribution in [2.45, 2.75) is 12.8 Å². The maximum Gasteiger partial charge on any atom is 0.166 e. The molecule has 0 saturated carbocycles. The molecule has 0 amide bonds. The van der Waals surface area contributed by atoms with Crippen LogP contribution in [0.5, 0.6) is 5.75 Å². The van der Waals surface area contributed by atoms with Crippen LogP contribution in [0.3, 0.4) is 0 Å². The molecular weight excluding hydrogens is 240 g/mol. The van der Waals surface area contributed by atoms with E-state index in [9.17, 15) is 4.79 Å². The minimum absolute atomic E-state index is 0.602. The number of ether oxygens (including phenoxy) is 1. The van der Waals surface area contributed by atoms with E-state index in [1.165, 1.54) is 12.8 Å². The maximum absolute atomic E-state index is 10.7. The van der Waals surface area contributed by atoms with Crippen LogP contribution in [-0.4, -0.2) is 31.0 Å². The molecule has 0 bridgehead atoms. The molecule has 1 aromatic heterocycles. The highest BCUT2D eigenvalue weighted by molar-refractivity contribution is 5.88. The first-order valence-corrected chi connectivity index (χ1v) is 6.76. The number of fused-ring (bicyclic) bond motifs is 1. The van der Waals surface area contributed by atoms with Crippen LogP contribution in [0, 0.1) is 5.92 Å². The summed E-state index contributed by atoms with van der Waals surface area (Å²) in [7, 11) is 0. The van der Waals surface area contributed by atoms with Crippen molar-refractivity contribution in [1.82, 2.24) is 10.3 Å². The highest BCUT2D eigenvalue weighted by Crippen LogP contribution is 2.22. The second-order valence-electron chi connectivity index (χ2n) is 5.10. The Morgan fingerprint density at radius 3 is 2.89 bits per heavy atom. The summed E-state index contributed by atoms with van der Waals surface area (Å²) in [6.07, 6.45) is 3.19. The molecule has 1 aliphatic heterocycles. The van der Waals surface area contributed by atoms with E-state index in [-0.39, 0.29) is 0 Å². The van der Waals surface area contributed by atoms with Gasteiger partial charge in [0.05, 0.1) is 12.3 Å². The predicted octanol–water partition coefficient (Wildman–Crippen LogP) is 2.36. The molecule has 4 heteroatoms. The van der Waals surface area contributed by atoms with E-state index in [2.05, 4.69) is 10.3 Å². The van der Waals surface area contributed by atoms with Gasteiger partial charge in [-0.25, -0.2) is 0 Å². The van der Waals surface area contributed by atoms with E-state index in [0.717, 1.165) is 42.6 Å². The van der Waals surface area contributed by atoms with Gasteiger partial charge in [0.1, 0.15) is 5.75 Å². The van der Waals surface area contributed by atoms with Gasteiger partial charge in [0.2, 0.25) is 0 Å². The number of carbonyl (C=O) groups is 1. The van der Waals surface area contributed by atoms with Crippen LogP contribution in [0.4, 0.5) is 0 Å². The smallest absolute Gasteiger partial charge is 0.166 e. The van der Waals surface area contributed by atoms with Gasteiger partial charge in [0, 0.05) is 10.9 Å². The van der Waals surface area contributed by atoms with Crippen molar-refractivity contribution in [2.24, 2.45) is 5.92 Å². The Morgan fingerprint density at radius 1 is 1.26 bits per heavy atom. The quantitative estimate of drug-likeness (QED) is 0.828. The number of aromatic nitrogens is 1. The lowest BCUT2D eigenvalue weighted by Crippen LogP contribution is -2.30. The molecule has 4 nitrogen and oxygen atoms in total. The number of H-pyrrole nitrogens is 1. The van der Waals surface area contributed by atoms with Crippen LogP contribution < -0.4 is 10.1 Å². The lowest BCUT2D eigenvalue weighted by atomic mass is 9.99. The number of hydrogen-bond acceptors (Lipinski definition) is 3. The Kier molecular flexibility index (Phi) is 3.51. The fourth-order valence-electron chi connectivity index (χ4n) is 2.55. The summed E-state index contributed by atoms with van der Waals surface area (Å²) >= 11 is 0. The Labute approximate surface area is 112 Å². The standard InChI is InChI=1S/C15H18N2O2/c18-9-13-7-12-8-14(1-2-15(12)17-13)19-10-11-3-5-16-6-4-11/h1-2,7-9,11,16-17H,3-6,10H2. The Hall–Kier alpha value is -1.81. The summed E-state index contributed by atoms with van der Waals surface area (Å²) in [5.41, 5.74) is 1.57. The van der Waals surface area contributed by atoms with Gasteiger partial charge in [-0.3, -0.25) is 4.79 Å². The number of rotatable bonds is 4. The van der Waals surface area contributed by atoms with Crippen molar-refractivity contribution in [3.63, 3.8) is 0 Å². The lowest BCUT2D eigenvalue weighted by Gasteiger charge is -2.22. The second kappa shape index (κ2) is 5.45. The summed E-state index contributed by atoms with van der Waals surface area (Å²) in [5, 5.41) is 4.37. The van der Waals surface area contributed by atoms with Crippen molar-refractivity contribution < 1.29 is 9.53 Å². The molecule has 0 aliphatic carbocycles. The maximum atomic E-state index is 10.7. The molecule has 0 spiro atoms. The first kappa shape index (κ1) is 12.2. The van der Waals surface area contributed by atoms with Crippen LogP contribution in [0.15, 0.2) is 24.3 Å². The van der Waals surface area contributed by atoms with Gasteiger partial charge in [-0.05, 0) is 56.1 Å². The first-order valence-electron chi connectivity index (χ1n) is 6.76. The summed E-state index contributed by atoms with van der Waals surface area (Å²) < 4.78 is 5.87. The molecule has 1 saturated heterocycles. The van der Waals surface area contributed by atoms with Gasteiger partial charge >= 0.3 is 0 Å². The number of hydrogen-bond donors (Lipinski definition) is 2. The molecule has 1 fully saturated rings. The number of nitrogens with one attached hydrogen (secondary N) is 2. The van der Waals surface area contributed by atoms with Gasteiger partial charge in [0.25, 0.3) is 0 Å². The fourth-order valence-corrected chi connectivity index (χ4v) is 2.55. The van der Waals surface area contributed by atoms with Crippen LogP contribution in [0.25, 0.3) is 10.9 Å². The second-order valence-corrected chi connectivity index (χ2v) is 5.10. The molecule has 100 valence electrons. The number of carbonyl (C=O) groups excluding carboxylic acids is 1. The Balaban J connectivity index is 1.68. The van der Waals surface area contributed by atoms with Gasteiger partial charge in [0.15, 0.2) is 6.29 Å². The molecule has 1 aromatic carbocycles. The van der Waals surface area contributed by atoms with Crippen molar-refractivity contribution in [1.29, 1.82) is 0 Å². The average molecular weight is 258 g/mol. The normalized spacial score (nSPS) is 16.6. The van der Waals surface area contributed by atoms with Gasteiger partial charge < -0.3 is 15.0 Å². The predicted molar refractivity (Wildman–Crippen MR) is 74.8 cm³/mol. The van der Waals surface area contributed by atoms with Gasteiger partial charge in [-0.15, -0.1) is 0 Å². The third-order valence-corrected chi connectivity index (χ3v) is 3.68. The van der Waals surface area contributed by atoms with E-state index < -0.39 is 0 Å². The molecule has 2 heterocycles. The number of aldehydes is 1. The van der Waals surface area contributed by atoms with Crippen LogP contribution >= 0.6 is 0 Å². The Morgan fingerprint density at radius 2 is 2.11 bits per heavy atom. The van der Waals surface area contributed by atoms with E-state index in [0.29, 0.717) is 11.6 Å². The van der Waals surface area contributed by atoms with Crippen LogP contribution in [0.2, 0.25) is 0 Å². The molecule has 1 aliphatic rings. The van der Waals surface area contributed by atoms with Crippen molar-refractivity contribution in [3.8, 4) is 5.75 Å². The molecule has 0 atom stereocenters. The molecule has 0 radical (unpaired) electrons.